The second-order valence-corrected chi connectivity index (χ2v) is 11.6. The standard InChI is InChI=1S/C26H46O4/c27-22(13-5-1-6-14-22)21-26(23(28)15-7-2-8-16-23,24(29)17-9-3-10-18-24)25(30)19-11-4-12-20-25/h27-30H,1-21H2. The summed E-state index contributed by atoms with van der Waals surface area (Å²) in [5.41, 5.74) is -5.23. The van der Waals surface area contributed by atoms with Crippen LogP contribution in [-0.4, -0.2) is 42.8 Å². The van der Waals surface area contributed by atoms with E-state index in [0.717, 1.165) is 89.9 Å². The second-order valence-electron chi connectivity index (χ2n) is 11.6. The molecule has 4 N–H and O–H groups in total. The highest BCUT2D eigenvalue weighted by molar-refractivity contribution is 5.22. The van der Waals surface area contributed by atoms with Crippen LogP contribution < -0.4 is 0 Å². The van der Waals surface area contributed by atoms with Crippen molar-refractivity contribution in [3.63, 3.8) is 0 Å². The summed E-state index contributed by atoms with van der Waals surface area (Å²) in [5, 5.41) is 49.1. The van der Waals surface area contributed by atoms with Gasteiger partial charge in [-0.15, -0.1) is 0 Å². The summed E-state index contributed by atoms with van der Waals surface area (Å²) in [4.78, 5) is 0. The van der Waals surface area contributed by atoms with E-state index < -0.39 is 27.8 Å². The molecule has 0 atom stereocenters. The summed E-state index contributed by atoms with van der Waals surface area (Å²) in [6, 6.07) is 0. The molecule has 0 aliphatic heterocycles. The molecule has 4 saturated carbocycles. The van der Waals surface area contributed by atoms with Crippen LogP contribution in [0, 0.1) is 5.41 Å². The van der Waals surface area contributed by atoms with Crippen molar-refractivity contribution in [3.05, 3.63) is 0 Å². The normalized spacial score (nSPS) is 31.2. The Balaban J connectivity index is 1.87. The Bertz CT molecular complexity index is 502. The van der Waals surface area contributed by atoms with Gasteiger partial charge in [0.2, 0.25) is 0 Å². The van der Waals surface area contributed by atoms with Gasteiger partial charge in [0.1, 0.15) is 0 Å². The maximum absolute atomic E-state index is 12.4. The van der Waals surface area contributed by atoms with Gasteiger partial charge in [-0.25, -0.2) is 0 Å². The lowest BCUT2D eigenvalue weighted by molar-refractivity contribution is -0.317. The van der Waals surface area contributed by atoms with E-state index in [-0.39, 0.29) is 0 Å². The Hall–Kier alpha value is -0.160. The molecule has 4 nitrogen and oxygen atoms in total. The van der Waals surface area contributed by atoms with Crippen molar-refractivity contribution >= 4 is 0 Å². The van der Waals surface area contributed by atoms with Crippen molar-refractivity contribution in [2.45, 2.75) is 157 Å². The van der Waals surface area contributed by atoms with Gasteiger partial charge in [0.25, 0.3) is 0 Å². The van der Waals surface area contributed by atoms with Crippen LogP contribution in [0.4, 0.5) is 0 Å². The minimum Gasteiger partial charge on any atom is -0.390 e. The average molecular weight is 423 g/mol. The lowest BCUT2D eigenvalue weighted by Crippen LogP contribution is -2.75. The van der Waals surface area contributed by atoms with Crippen LogP contribution in [0.5, 0.6) is 0 Å². The van der Waals surface area contributed by atoms with Crippen LogP contribution in [0.1, 0.15) is 135 Å². The number of hydrogen-bond donors (Lipinski definition) is 4. The van der Waals surface area contributed by atoms with Gasteiger partial charge in [-0.05, 0) is 57.8 Å². The zero-order valence-corrected chi connectivity index (χ0v) is 19.1. The maximum Gasteiger partial charge on any atom is 0.0760 e. The molecule has 0 heterocycles. The predicted octanol–water partition coefficient (Wildman–Crippen LogP) is 5.14. The molecule has 30 heavy (non-hydrogen) atoms. The minimum absolute atomic E-state index is 0.365. The van der Waals surface area contributed by atoms with E-state index in [1.165, 1.54) is 0 Å². The van der Waals surface area contributed by atoms with Gasteiger partial charge in [0, 0.05) is 0 Å². The fourth-order valence-corrected chi connectivity index (χ4v) is 8.36. The molecule has 0 saturated heterocycles. The molecule has 0 bridgehead atoms. The van der Waals surface area contributed by atoms with E-state index in [4.69, 9.17) is 0 Å². The highest BCUT2D eigenvalue weighted by Crippen LogP contribution is 2.65. The van der Waals surface area contributed by atoms with Gasteiger partial charge in [-0.2, -0.15) is 0 Å². The smallest absolute Gasteiger partial charge is 0.0760 e. The van der Waals surface area contributed by atoms with Crippen molar-refractivity contribution in [1.29, 1.82) is 0 Å². The molecule has 0 amide bonds. The zero-order valence-electron chi connectivity index (χ0n) is 19.1. The van der Waals surface area contributed by atoms with Crippen LogP contribution in [-0.2, 0) is 0 Å². The summed E-state index contributed by atoms with van der Waals surface area (Å²) < 4.78 is 0. The topological polar surface area (TPSA) is 80.9 Å². The Morgan fingerprint density at radius 1 is 0.400 bits per heavy atom. The molecule has 4 fully saturated rings. The van der Waals surface area contributed by atoms with Gasteiger partial charge < -0.3 is 20.4 Å². The molecule has 4 aliphatic carbocycles. The second kappa shape index (κ2) is 8.65. The average Bonchev–Trinajstić information content (AvgIpc) is 2.74. The fraction of sp³-hybridized carbons (Fsp3) is 1.00. The van der Waals surface area contributed by atoms with Crippen LogP contribution in [0.3, 0.4) is 0 Å². The third-order valence-corrected chi connectivity index (χ3v) is 9.80. The fourth-order valence-electron chi connectivity index (χ4n) is 8.36. The molecule has 0 aromatic rings. The van der Waals surface area contributed by atoms with E-state index in [1.54, 1.807) is 0 Å². The van der Waals surface area contributed by atoms with Gasteiger partial charge in [0.05, 0.1) is 27.8 Å². The Morgan fingerprint density at radius 3 is 0.967 bits per heavy atom. The number of rotatable bonds is 5. The Kier molecular flexibility index (Phi) is 6.63. The van der Waals surface area contributed by atoms with Gasteiger partial charge in [-0.1, -0.05) is 77.0 Å². The number of hydrogen-bond acceptors (Lipinski definition) is 4. The first-order valence-electron chi connectivity index (χ1n) is 13.2. The summed E-state index contributed by atoms with van der Waals surface area (Å²) in [7, 11) is 0. The molecule has 0 unspecified atom stereocenters. The maximum atomic E-state index is 12.4. The first kappa shape index (κ1) is 23.0. The molecule has 174 valence electrons. The van der Waals surface area contributed by atoms with Gasteiger partial charge in [0.15, 0.2) is 0 Å². The number of aliphatic hydroxyl groups is 4. The summed E-state index contributed by atoms with van der Waals surface area (Å²) in [5.74, 6) is 0. The molecule has 0 aromatic heterocycles. The molecular weight excluding hydrogens is 376 g/mol. The van der Waals surface area contributed by atoms with Crippen molar-refractivity contribution < 1.29 is 20.4 Å². The van der Waals surface area contributed by atoms with E-state index in [1.807, 2.05) is 0 Å². The van der Waals surface area contributed by atoms with Crippen molar-refractivity contribution in [2.24, 2.45) is 5.41 Å². The van der Waals surface area contributed by atoms with Gasteiger partial charge >= 0.3 is 0 Å². The van der Waals surface area contributed by atoms with Crippen LogP contribution in [0.25, 0.3) is 0 Å². The van der Waals surface area contributed by atoms with Crippen molar-refractivity contribution in [3.8, 4) is 0 Å². The Labute approximate surface area is 183 Å². The van der Waals surface area contributed by atoms with Crippen LogP contribution >= 0.6 is 0 Å². The van der Waals surface area contributed by atoms with E-state index in [2.05, 4.69) is 0 Å². The van der Waals surface area contributed by atoms with Crippen LogP contribution in [0.2, 0.25) is 0 Å². The molecule has 0 radical (unpaired) electrons. The third kappa shape index (κ3) is 3.78. The first-order chi connectivity index (χ1) is 14.3. The lowest BCUT2D eigenvalue weighted by atomic mass is 9.42. The SMILES string of the molecule is OC1(CC(C2(O)CCCCC2)(C2(O)CCCCC2)C2(O)CCCCC2)CCCCC1. The largest absolute Gasteiger partial charge is 0.390 e. The highest BCUT2D eigenvalue weighted by Gasteiger charge is 2.71. The van der Waals surface area contributed by atoms with E-state index >= 15 is 0 Å². The van der Waals surface area contributed by atoms with E-state index in [9.17, 15) is 20.4 Å². The van der Waals surface area contributed by atoms with Gasteiger partial charge in [-0.3, -0.25) is 0 Å². The molecule has 4 rings (SSSR count). The molecule has 0 spiro atoms. The third-order valence-electron chi connectivity index (χ3n) is 9.80. The van der Waals surface area contributed by atoms with Crippen LogP contribution in [0.15, 0.2) is 0 Å². The lowest BCUT2D eigenvalue weighted by Gasteiger charge is -2.67. The monoisotopic (exact) mass is 422 g/mol. The van der Waals surface area contributed by atoms with E-state index in [0.29, 0.717) is 44.9 Å². The minimum atomic E-state index is -1.10. The quantitative estimate of drug-likeness (QED) is 0.494. The zero-order chi connectivity index (χ0) is 21.3. The Morgan fingerprint density at radius 2 is 0.667 bits per heavy atom. The predicted molar refractivity (Wildman–Crippen MR) is 119 cm³/mol. The molecule has 4 aliphatic rings. The summed E-state index contributed by atoms with van der Waals surface area (Å²) in [6.07, 6.45) is 17.9. The van der Waals surface area contributed by atoms with Crippen molar-refractivity contribution in [1.82, 2.24) is 0 Å². The highest BCUT2D eigenvalue weighted by atomic mass is 16.3. The summed E-state index contributed by atoms with van der Waals surface area (Å²) >= 11 is 0. The molecule has 0 aromatic carbocycles. The molecular formula is C26H46O4. The molecule has 4 heteroatoms. The summed E-state index contributed by atoms with van der Waals surface area (Å²) in [6.45, 7) is 0. The van der Waals surface area contributed by atoms with Crippen molar-refractivity contribution in [2.75, 3.05) is 0 Å². The first-order valence-corrected chi connectivity index (χ1v) is 13.2.